The van der Waals surface area contributed by atoms with Gasteiger partial charge in [0.2, 0.25) is 0 Å². The molecule has 0 bridgehead atoms. The number of rotatable bonds is 4. The molecule has 3 aromatic rings. The van der Waals surface area contributed by atoms with Gasteiger partial charge in [-0.3, -0.25) is 4.90 Å². The highest BCUT2D eigenvalue weighted by molar-refractivity contribution is 6.38. The Hall–Kier alpha value is -2.77. The predicted molar refractivity (Wildman–Crippen MR) is 104 cm³/mol. The average molecular weight is 405 g/mol. The lowest BCUT2D eigenvalue weighted by Crippen LogP contribution is -2.46. The molecule has 1 N–H and O–H groups in total. The van der Waals surface area contributed by atoms with Crippen molar-refractivity contribution >= 4 is 34.4 Å². The highest BCUT2D eigenvalue weighted by atomic mass is 35.5. The molecule has 0 spiro atoms. The van der Waals surface area contributed by atoms with Gasteiger partial charge in [-0.2, -0.15) is 0 Å². The van der Waals surface area contributed by atoms with Gasteiger partial charge in [0.05, 0.1) is 10.7 Å². The zero-order chi connectivity index (χ0) is 19.7. The van der Waals surface area contributed by atoms with E-state index >= 15 is 0 Å². The lowest BCUT2D eigenvalue weighted by Gasteiger charge is -2.36. The van der Waals surface area contributed by atoms with E-state index < -0.39 is 6.16 Å². The first kappa shape index (κ1) is 18.6. The van der Waals surface area contributed by atoms with Crippen LogP contribution in [0.15, 0.2) is 46.9 Å². The van der Waals surface area contributed by atoms with Crippen LogP contribution in [0.25, 0.3) is 11.0 Å². The van der Waals surface area contributed by atoms with E-state index in [-0.39, 0.29) is 11.8 Å². The van der Waals surface area contributed by atoms with Gasteiger partial charge in [0.1, 0.15) is 11.4 Å². The molecule has 4 rings (SSSR count). The topological polar surface area (TPSA) is 66.2 Å². The van der Waals surface area contributed by atoms with Gasteiger partial charge in [0, 0.05) is 49.7 Å². The Morgan fingerprint density at radius 1 is 1.18 bits per heavy atom. The molecule has 1 aromatic heterocycles. The smallest absolute Gasteiger partial charge is 0.449 e. The third-order valence-electron chi connectivity index (χ3n) is 4.84. The van der Waals surface area contributed by atoms with Crippen molar-refractivity contribution in [2.45, 2.75) is 6.54 Å². The Labute approximate surface area is 165 Å². The second-order valence-electron chi connectivity index (χ2n) is 6.60. The number of nitrogens with zero attached hydrogens (tertiary/aromatic N) is 2. The van der Waals surface area contributed by atoms with Crippen LogP contribution in [0.3, 0.4) is 0 Å². The molecule has 1 saturated heterocycles. The maximum Gasteiger partial charge on any atom is 0.513 e. The summed E-state index contributed by atoms with van der Waals surface area (Å²) in [6.07, 6.45) is -1.44. The highest BCUT2D eigenvalue weighted by Gasteiger charge is 2.22. The van der Waals surface area contributed by atoms with Crippen molar-refractivity contribution < 1.29 is 23.4 Å². The Kier molecular flexibility index (Phi) is 5.11. The summed E-state index contributed by atoms with van der Waals surface area (Å²) in [5.74, 6) is -0.297. The zero-order valence-corrected chi connectivity index (χ0v) is 15.7. The summed E-state index contributed by atoms with van der Waals surface area (Å²) in [6.45, 7) is 3.62. The third kappa shape index (κ3) is 3.76. The van der Waals surface area contributed by atoms with E-state index in [0.29, 0.717) is 28.1 Å². The third-order valence-corrected chi connectivity index (χ3v) is 5.24. The van der Waals surface area contributed by atoms with Crippen molar-refractivity contribution in [2.75, 3.05) is 31.1 Å². The first-order chi connectivity index (χ1) is 13.5. The SMILES string of the molecule is O=C(O)Oc1cc2c(Cl)c(N3CCN(Cc4ccccc4F)CC3)ccc2o1. The Balaban J connectivity index is 1.47. The lowest BCUT2D eigenvalue weighted by molar-refractivity contribution is 0.134. The molecule has 0 atom stereocenters. The van der Waals surface area contributed by atoms with E-state index in [2.05, 4.69) is 14.5 Å². The van der Waals surface area contributed by atoms with Gasteiger partial charge in [-0.05, 0) is 18.2 Å². The lowest BCUT2D eigenvalue weighted by atomic mass is 10.1. The fourth-order valence-electron chi connectivity index (χ4n) is 3.44. The molecule has 0 amide bonds. The summed E-state index contributed by atoms with van der Waals surface area (Å²) < 4.78 is 23.8. The summed E-state index contributed by atoms with van der Waals surface area (Å²) in [6, 6.07) is 11.9. The van der Waals surface area contributed by atoms with Gasteiger partial charge in [-0.25, -0.2) is 9.18 Å². The van der Waals surface area contributed by atoms with Crippen LogP contribution in [-0.2, 0) is 6.54 Å². The molecule has 1 aliphatic heterocycles. The van der Waals surface area contributed by atoms with E-state index in [9.17, 15) is 9.18 Å². The molecule has 28 heavy (non-hydrogen) atoms. The number of furan rings is 1. The number of piperazine rings is 1. The summed E-state index contributed by atoms with van der Waals surface area (Å²) in [4.78, 5) is 15.0. The van der Waals surface area contributed by atoms with Crippen LogP contribution >= 0.6 is 11.6 Å². The number of anilines is 1. The van der Waals surface area contributed by atoms with E-state index in [1.165, 1.54) is 12.1 Å². The Morgan fingerprint density at radius 3 is 2.64 bits per heavy atom. The van der Waals surface area contributed by atoms with Crippen molar-refractivity contribution in [2.24, 2.45) is 0 Å². The van der Waals surface area contributed by atoms with Gasteiger partial charge in [-0.1, -0.05) is 29.8 Å². The maximum atomic E-state index is 13.9. The largest absolute Gasteiger partial charge is 0.513 e. The highest BCUT2D eigenvalue weighted by Crippen LogP contribution is 2.37. The number of benzene rings is 2. The molecular formula is C20H18ClFN2O4. The Bertz CT molecular complexity index is 1010. The first-order valence-corrected chi connectivity index (χ1v) is 9.22. The maximum absolute atomic E-state index is 13.9. The molecule has 0 saturated carbocycles. The Morgan fingerprint density at radius 2 is 1.93 bits per heavy atom. The number of hydrogen-bond acceptors (Lipinski definition) is 5. The van der Waals surface area contributed by atoms with Crippen LogP contribution in [0.5, 0.6) is 5.95 Å². The van der Waals surface area contributed by atoms with Crippen LogP contribution in [0.1, 0.15) is 5.56 Å². The first-order valence-electron chi connectivity index (χ1n) is 8.85. The molecule has 1 aliphatic rings. The summed E-state index contributed by atoms with van der Waals surface area (Å²) >= 11 is 6.54. The second-order valence-corrected chi connectivity index (χ2v) is 6.98. The second kappa shape index (κ2) is 7.69. The fraction of sp³-hybridized carbons (Fsp3) is 0.250. The molecule has 8 heteroatoms. The predicted octanol–water partition coefficient (Wildman–Crippen LogP) is 4.60. The summed E-state index contributed by atoms with van der Waals surface area (Å²) in [5, 5.41) is 9.81. The molecule has 6 nitrogen and oxygen atoms in total. The van der Waals surface area contributed by atoms with Gasteiger partial charge < -0.3 is 19.2 Å². The summed E-state index contributed by atoms with van der Waals surface area (Å²) in [7, 11) is 0. The molecule has 146 valence electrons. The number of hydrogen-bond donors (Lipinski definition) is 1. The number of ether oxygens (including phenoxy) is 1. The van der Waals surface area contributed by atoms with Gasteiger partial charge in [0.25, 0.3) is 5.95 Å². The molecule has 0 unspecified atom stereocenters. The fourth-order valence-corrected chi connectivity index (χ4v) is 3.77. The number of carbonyl (C=O) groups is 1. The molecular weight excluding hydrogens is 387 g/mol. The van der Waals surface area contributed by atoms with Crippen molar-refractivity contribution in [3.63, 3.8) is 0 Å². The van der Waals surface area contributed by atoms with Crippen molar-refractivity contribution in [3.8, 4) is 5.95 Å². The minimum Gasteiger partial charge on any atom is -0.449 e. The van der Waals surface area contributed by atoms with Crippen LogP contribution in [-0.4, -0.2) is 42.3 Å². The quantitative estimate of drug-likeness (QED) is 0.641. The van der Waals surface area contributed by atoms with Crippen molar-refractivity contribution in [1.29, 1.82) is 0 Å². The van der Waals surface area contributed by atoms with Crippen LogP contribution in [0.4, 0.5) is 14.9 Å². The van der Waals surface area contributed by atoms with Crippen molar-refractivity contribution in [3.05, 3.63) is 58.9 Å². The minimum atomic E-state index is -1.44. The van der Waals surface area contributed by atoms with Crippen LogP contribution < -0.4 is 9.64 Å². The molecule has 0 aliphatic carbocycles. The van der Waals surface area contributed by atoms with E-state index in [4.69, 9.17) is 21.1 Å². The number of carboxylic acid groups (broad SMARTS) is 1. The van der Waals surface area contributed by atoms with E-state index in [0.717, 1.165) is 31.9 Å². The van der Waals surface area contributed by atoms with Crippen LogP contribution in [0.2, 0.25) is 5.02 Å². The molecule has 2 aromatic carbocycles. The zero-order valence-electron chi connectivity index (χ0n) is 14.9. The standard InChI is InChI=1S/C20H18ClFN2O4/c21-19-14-11-18(28-20(25)26)27-17(14)6-5-16(19)24-9-7-23(8-10-24)12-13-3-1-2-4-15(13)22/h1-6,11H,7-10,12H2,(H,25,26). The summed E-state index contributed by atoms with van der Waals surface area (Å²) in [5.41, 5.74) is 2.00. The average Bonchev–Trinajstić information content (AvgIpc) is 3.07. The monoisotopic (exact) mass is 404 g/mol. The van der Waals surface area contributed by atoms with Gasteiger partial charge in [-0.15, -0.1) is 0 Å². The number of halogens is 2. The normalized spacial score (nSPS) is 15.1. The molecule has 1 fully saturated rings. The molecule has 2 heterocycles. The van der Waals surface area contributed by atoms with E-state index in [1.807, 2.05) is 18.2 Å². The number of fused-ring (bicyclic) bond motifs is 1. The van der Waals surface area contributed by atoms with Crippen molar-refractivity contribution in [1.82, 2.24) is 4.90 Å². The van der Waals surface area contributed by atoms with Crippen LogP contribution in [0, 0.1) is 5.82 Å². The minimum absolute atomic E-state index is 0.115. The molecule has 0 radical (unpaired) electrons. The van der Waals surface area contributed by atoms with E-state index in [1.54, 1.807) is 12.1 Å². The van der Waals surface area contributed by atoms with Gasteiger partial charge >= 0.3 is 6.16 Å². The van der Waals surface area contributed by atoms with Gasteiger partial charge in [0.15, 0.2) is 0 Å².